The molecule has 0 fully saturated rings. The van der Waals surface area contributed by atoms with Gasteiger partial charge in [0.15, 0.2) is 6.10 Å². The van der Waals surface area contributed by atoms with Crippen molar-refractivity contribution in [1.29, 1.82) is 0 Å². The van der Waals surface area contributed by atoms with Crippen LogP contribution in [0.2, 0.25) is 0 Å². The summed E-state index contributed by atoms with van der Waals surface area (Å²) in [7, 11) is 0. The second-order valence-electron chi connectivity index (χ2n) is 5.26. The normalized spacial score (nSPS) is 11.6. The molecule has 5 heteroatoms. The van der Waals surface area contributed by atoms with E-state index in [0.29, 0.717) is 16.8 Å². The lowest BCUT2D eigenvalue weighted by Crippen LogP contribution is -2.30. The van der Waals surface area contributed by atoms with E-state index in [4.69, 9.17) is 9.84 Å². The van der Waals surface area contributed by atoms with Crippen molar-refractivity contribution in [2.45, 2.75) is 26.6 Å². The number of aryl methyl sites for hydroxylation is 1. The number of nitrogens with one attached hydrogen (secondary N) is 1. The van der Waals surface area contributed by atoms with Gasteiger partial charge in [-0.25, -0.2) is 4.79 Å². The van der Waals surface area contributed by atoms with Gasteiger partial charge in [0.2, 0.25) is 0 Å². The Labute approximate surface area is 134 Å². The summed E-state index contributed by atoms with van der Waals surface area (Å²) in [5.74, 6) is -0.975. The Kier molecular flexibility index (Phi) is 5.49. The van der Waals surface area contributed by atoms with Gasteiger partial charge in [-0.05, 0) is 49.2 Å². The lowest BCUT2D eigenvalue weighted by molar-refractivity contribution is -0.123. The minimum atomic E-state index is -0.916. The topological polar surface area (TPSA) is 75.6 Å². The largest absolute Gasteiger partial charge is 0.449 e. The van der Waals surface area contributed by atoms with Crippen molar-refractivity contribution in [1.82, 2.24) is 0 Å². The molecule has 23 heavy (non-hydrogen) atoms. The van der Waals surface area contributed by atoms with E-state index in [1.807, 2.05) is 25.1 Å². The highest BCUT2D eigenvalue weighted by Gasteiger charge is 2.19. The minimum absolute atomic E-state index is 0.0926. The van der Waals surface area contributed by atoms with Crippen LogP contribution < -0.4 is 5.32 Å². The van der Waals surface area contributed by atoms with Gasteiger partial charge in [0, 0.05) is 5.69 Å². The molecule has 0 aliphatic carbocycles. The standard InChI is InChI=1S/C18H19NO4/c1-12-4-3-5-16(10-12)19-17(21)13(2)23-18(22)15-8-6-14(11-20)7-9-15/h3-10,13,20H,11H2,1-2H3,(H,19,21)/t13-/m1/s1. The number of carbonyl (C=O) groups is 2. The van der Waals surface area contributed by atoms with Crippen molar-refractivity contribution in [2.75, 3.05) is 5.32 Å². The van der Waals surface area contributed by atoms with Gasteiger partial charge in [-0.2, -0.15) is 0 Å². The molecular weight excluding hydrogens is 294 g/mol. The third-order valence-corrected chi connectivity index (χ3v) is 3.31. The van der Waals surface area contributed by atoms with Crippen LogP contribution >= 0.6 is 0 Å². The number of carbonyl (C=O) groups excluding carboxylic acids is 2. The average molecular weight is 313 g/mol. The molecule has 0 unspecified atom stereocenters. The summed E-state index contributed by atoms with van der Waals surface area (Å²) in [6.07, 6.45) is -0.916. The monoisotopic (exact) mass is 313 g/mol. The molecule has 0 spiro atoms. The number of ether oxygens (including phenoxy) is 1. The second-order valence-corrected chi connectivity index (χ2v) is 5.26. The fraction of sp³-hybridized carbons (Fsp3) is 0.222. The maximum Gasteiger partial charge on any atom is 0.338 e. The summed E-state index contributed by atoms with van der Waals surface area (Å²) >= 11 is 0. The van der Waals surface area contributed by atoms with Crippen LogP contribution in [0, 0.1) is 6.92 Å². The molecule has 0 aliphatic heterocycles. The maximum absolute atomic E-state index is 12.1. The molecule has 2 N–H and O–H groups in total. The highest BCUT2D eigenvalue weighted by Crippen LogP contribution is 2.12. The first-order chi connectivity index (χ1) is 11.0. The predicted molar refractivity (Wildman–Crippen MR) is 87.1 cm³/mol. The molecule has 0 aromatic heterocycles. The number of hydrogen-bond donors (Lipinski definition) is 2. The second kappa shape index (κ2) is 7.56. The van der Waals surface area contributed by atoms with Crippen LogP contribution in [-0.2, 0) is 16.1 Å². The van der Waals surface area contributed by atoms with Gasteiger partial charge >= 0.3 is 5.97 Å². The molecule has 0 heterocycles. The van der Waals surface area contributed by atoms with Crippen LogP contribution in [0.15, 0.2) is 48.5 Å². The van der Waals surface area contributed by atoms with Crippen LogP contribution in [0.5, 0.6) is 0 Å². The molecule has 2 rings (SSSR count). The molecule has 0 aliphatic rings. The summed E-state index contributed by atoms with van der Waals surface area (Å²) < 4.78 is 5.16. The van der Waals surface area contributed by atoms with E-state index in [2.05, 4.69) is 5.32 Å². The fourth-order valence-corrected chi connectivity index (χ4v) is 2.00. The Morgan fingerprint density at radius 1 is 1.17 bits per heavy atom. The zero-order chi connectivity index (χ0) is 16.8. The van der Waals surface area contributed by atoms with E-state index in [9.17, 15) is 9.59 Å². The molecule has 0 radical (unpaired) electrons. The SMILES string of the molecule is Cc1cccc(NC(=O)[C@@H](C)OC(=O)c2ccc(CO)cc2)c1. The number of aliphatic hydroxyl groups excluding tert-OH is 1. The number of benzene rings is 2. The summed E-state index contributed by atoms with van der Waals surface area (Å²) in [6, 6.07) is 13.7. The Bertz CT molecular complexity index is 694. The number of aliphatic hydroxyl groups is 1. The van der Waals surface area contributed by atoms with Gasteiger partial charge in [0.25, 0.3) is 5.91 Å². The first kappa shape index (κ1) is 16.7. The van der Waals surface area contributed by atoms with Crippen molar-refractivity contribution < 1.29 is 19.4 Å². The summed E-state index contributed by atoms with van der Waals surface area (Å²) in [4.78, 5) is 24.1. The summed E-state index contributed by atoms with van der Waals surface area (Å²) in [5, 5.41) is 11.7. The maximum atomic E-state index is 12.1. The van der Waals surface area contributed by atoms with Gasteiger partial charge in [-0.3, -0.25) is 4.79 Å². The van der Waals surface area contributed by atoms with Gasteiger partial charge in [0.1, 0.15) is 0 Å². The molecule has 1 amide bonds. The van der Waals surface area contributed by atoms with Crippen LogP contribution in [0.25, 0.3) is 0 Å². The summed E-state index contributed by atoms with van der Waals surface area (Å²) in [5.41, 5.74) is 2.71. The zero-order valence-corrected chi connectivity index (χ0v) is 13.1. The number of amides is 1. The van der Waals surface area contributed by atoms with E-state index in [0.717, 1.165) is 5.56 Å². The van der Waals surface area contributed by atoms with E-state index in [1.165, 1.54) is 6.92 Å². The zero-order valence-electron chi connectivity index (χ0n) is 13.1. The number of hydrogen-bond acceptors (Lipinski definition) is 4. The van der Waals surface area contributed by atoms with Crippen molar-refractivity contribution in [3.8, 4) is 0 Å². The van der Waals surface area contributed by atoms with Crippen molar-refractivity contribution in [3.63, 3.8) is 0 Å². The molecule has 0 bridgehead atoms. The Balaban J connectivity index is 1.95. The lowest BCUT2D eigenvalue weighted by Gasteiger charge is -2.14. The molecule has 2 aromatic rings. The summed E-state index contributed by atoms with van der Waals surface area (Å²) in [6.45, 7) is 3.35. The van der Waals surface area contributed by atoms with Gasteiger partial charge < -0.3 is 15.2 Å². The minimum Gasteiger partial charge on any atom is -0.449 e. The fourth-order valence-electron chi connectivity index (χ4n) is 2.00. The third kappa shape index (κ3) is 4.66. The van der Waals surface area contributed by atoms with Crippen LogP contribution in [0.1, 0.15) is 28.4 Å². The van der Waals surface area contributed by atoms with Crippen molar-refractivity contribution in [2.24, 2.45) is 0 Å². The Hall–Kier alpha value is -2.66. The smallest absolute Gasteiger partial charge is 0.338 e. The first-order valence-corrected chi connectivity index (χ1v) is 7.28. The molecular formula is C18H19NO4. The highest BCUT2D eigenvalue weighted by molar-refractivity contribution is 5.97. The number of anilines is 1. The molecule has 120 valence electrons. The van der Waals surface area contributed by atoms with Crippen molar-refractivity contribution >= 4 is 17.6 Å². The average Bonchev–Trinajstić information content (AvgIpc) is 2.54. The lowest BCUT2D eigenvalue weighted by atomic mass is 10.1. The third-order valence-electron chi connectivity index (χ3n) is 3.31. The quantitative estimate of drug-likeness (QED) is 0.832. The molecule has 0 saturated heterocycles. The highest BCUT2D eigenvalue weighted by atomic mass is 16.5. The Morgan fingerprint density at radius 3 is 2.48 bits per heavy atom. The van der Waals surface area contributed by atoms with Crippen molar-refractivity contribution in [3.05, 3.63) is 65.2 Å². The predicted octanol–water partition coefficient (Wildman–Crippen LogP) is 2.67. The molecule has 0 saturated carbocycles. The molecule has 2 aromatic carbocycles. The van der Waals surface area contributed by atoms with E-state index in [-0.39, 0.29) is 6.61 Å². The van der Waals surface area contributed by atoms with Gasteiger partial charge in [-0.15, -0.1) is 0 Å². The van der Waals surface area contributed by atoms with E-state index < -0.39 is 18.0 Å². The number of rotatable bonds is 5. The molecule has 5 nitrogen and oxygen atoms in total. The number of esters is 1. The first-order valence-electron chi connectivity index (χ1n) is 7.28. The van der Waals surface area contributed by atoms with Crippen LogP contribution in [0.3, 0.4) is 0 Å². The van der Waals surface area contributed by atoms with E-state index in [1.54, 1.807) is 30.3 Å². The van der Waals surface area contributed by atoms with E-state index >= 15 is 0 Å². The van der Waals surface area contributed by atoms with Gasteiger partial charge in [0.05, 0.1) is 12.2 Å². The van der Waals surface area contributed by atoms with Gasteiger partial charge in [-0.1, -0.05) is 24.3 Å². The van der Waals surface area contributed by atoms with Crippen LogP contribution in [0.4, 0.5) is 5.69 Å². The molecule has 1 atom stereocenters. The van der Waals surface area contributed by atoms with Crippen LogP contribution in [-0.4, -0.2) is 23.1 Å². The Morgan fingerprint density at radius 2 is 1.87 bits per heavy atom.